The van der Waals surface area contributed by atoms with Crippen molar-refractivity contribution in [3.05, 3.63) is 24.3 Å². The number of allylic oxidation sites excluding steroid dienone is 2. The largest absolute Gasteiger partial charge is 0.349 e. The van der Waals surface area contributed by atoms with Gasteiger partial charge in [0.05, 0.1) is 0 Å². The summed E-state index contributed by atoms with van der Waals surface area (Å²) >= 11 is 0. The second-order valence-electron chi connectivity index (χ2n) is 6.81. The van der Waals surface area contributed by atoms with Crippen LogP contribution in [0, 0.1) is 5.41 Å². The Morgan fingerprint density at radius 2 is 1.32 bits per heavy atom. The first-order valence-electron chi connectivity index (χ1n) is 8.66. The third kappa shape index (κ3) is 3.11. The van der Waals surface area contributed by atoms with Gasteiger partial charge in [-0.2, -0.15) is 0 Å². The van der Waals surface area contributed by atoms with Crippen LogP contribution in [-0.4, -0.2) is 23.9 Å². The standard InChI is InChI=1S/C18H26N2O2/c21-16(19-14-8-3-1-4-9-14)18(12-7-13-18)17(22)20-15-10-5-2-6-11-15/h3,5,8,10,14-15H,1-2,4,6-7,9,11-13H2,(H,19,21)(H,20,22). The zero-order valence-corrected chi connectivity index (χ0v) is 13.1. The summed E-state index contributed by atoms with van der Waals surface area (Å²) in [6.45, 7) is 0. The average Bonchev–Trinajstić information content (AvgIpc) is 2.48. The molecule has 2 unspecified atom stereocenters. The Morgan fingerprint density at radius 3 is 1.64 bits per heavy atom. The lowest BCUT2D eigenvalue weighted by Gasteiger charge is -2.40. The molecule has 0 aromatic heterocycles. The maximum atomic E-state index is 12.7. The van der Waals surface area contributed by atoms with E-state index in [4.69, 9.17) is 0 Å². The molecule has 4 heteroatoms. The molecule has 0 aliphatic heterocycles. The summed E-state index contributed by atoms with van der Waals surface area (Å²) in [4.78, 5) is 25.3. The molecule has 0 heterocycles. The van der Waals surface area contributed by atoms with E-state index in [1.54, 1.807) is 0 Å². The molecule has 2 atom stereocenters. The average molecular weight is 302 g/mol. The topological polar surface area (TPSA) is 58.2 Å². The predicted molar refractivity (Wildman–Crippen MR) is 86.1 cm³/mol. The second kappa shape index (κ2) is 6.67. The molecule has 2 N–H and O–H groups in total. The first kappa shape index (κ1) is 15.3. The van der Waals surface area contributed by atoms with Gasteiger partial charge in [-0.1, -0.05) is 30.7 Å². The van der Waals surface area contributed by atoms with Crippen LogP contribution in [0.2, 0.25) is 0 Å². The molecule has 4 nitrogen and oxygen atoms in total. The van der Waals surface area contributed by atoms with Crippen molar-refractivity contribution in [2.45, 2.75) is 69.9 Å². The molecule has 22 heavy (non-hydrogen) atoms. The normalized spacial score (nSPS) is 29.5. The summed E-state index contributed by atoms with van der Waals surface area (Å²) in [7, 11) is 0. The fourth-order valence-electron chi connectivity index (χ4n) is 3.57. The molecule has 0 saturated heterocycles. The van der Waals surface area contributed by atoms with Gasteiger partial charge in [0, 0.05) is 12.1 Å². The summed E-state index contributed by atoms with van der Waals surface area (Å²) < 4.78 is 0. The van der Waals surface area contributed by atoms with Gasteiger partial charge in [0.2, 0.25) is 11.8 Å². The number of amides is 2. The second-order valence-corrected chi connectivity index (χ2v) is 6.81. The highest BCUT2D eigenvalue weighted by molar-refractivity contribution is 6.06. The lowest BCUT2D eigenvalue weighted by atomic mass is 9.67. The highest BCUT2D eigenvalue weighted by Crippen LogP contribution is 2.42. The maximum Gasteiger partial charge on any atom is 0.236 e. The summed E-state index contributed by atoms with van der Waals surface area (Å²) in [5.74, 6) is -0.153. The van der Waals surface area contributed by atoms with Crippen molar-refractivity contribution in [2.24, 2.45) is 5.41 Å². The van der Waals surface area contributed by atoms with Crippen molar-refractivity contribution in [3.63, 3.8) is 0 Å². The highest BCUT2D eigenvalue weighted by Gasteiger charge is 2.51. The van der Waals surface area contributed by atoms with E-state index in [2.05, 4.69) is 34.9 Å². The van der Waals surface area contributed by atoms with Crippen molar-refractivity contribution < 1.29 is 9.59 Å². The summed E-state index contributed by atoms with van der Waals surface area (Å²) in [5, 5.41) is 6.15. The Labute approximate surface area is 132 Å². The smallest absolute Gasteiger partial charge is 0.236 e. The van der Waals surface area contributed by atoms with Crippen molar-refractivity contribution in [1.82, 2.24) is 10.6 Å². The van der Waals surface area contributed by atoms with Crippen LogP contribution in [-0.2, 0) is 9.59 Å². The van der Waals surface area contributed by atoms with Crippen LogP contribution < -0.4 is 10.6 Å². The monoisotopic (exact) mass is 302 g/mol. The molecule has 0 bridgehead atoms. The third-order valence-corrected chi connectivity index (χ3v) is 5.22. The first-order valence-corrected chi connectivity index (χ1v) is 8.66. The number of hydrogen-bond acceptors (Lipinski definition) is 2. The lowest BCUT2D eigenvalue weighted by molar-refractivity contribution is -0.150. The number of carbonyl (C=O) groups is 2. The van der Waals surface area contributed by atoms with E-state index in [1.165, 1.54) is 0 Å². The van der Waals surface area contributed by atoms with E-state index in [-0.39, 0.29) is 23.9 Å². The fourth-order valence-corrected chi connectivity index (χ4v) is 3.57. The molecular formula is C18H26N2O2. The number of carbonyl (C=O) groups excluding carboxylic acids is 2. The Kier molecular flexibility index (Phi) is 4.65. The molecule has 1 fully saturated rings. The number of nitrogens with one attached hydrogen (secondary N) is 2. The molecule has 3 aliphatic carbocycles. The molecule has 0 spiro atoms. The van der Waals surface area contributed by atoms with E-state index in [1.807, 2.05) is 0 Å². The van der Waals surface area contributed by atoms with E-state index in [0.717, 1.165) is 44.9 Å². The van der Waals surface area contributed by atoms with Gasteiger partial charge in [-0.3, -0.25) is 9.59 Å². The van der Waals surface area contributed by atoms with Crippen molar-refractivity contribution in [3.8, 4) is 0 Å². The minimum absolute atomic E-state index is 0.0763. The van der Waals surface area contributed by atoms with Gasteiger partial charge in [0.1, 0.15) is 5.41 Å². The van der Waals surface area contributed by atoms with Crippen LogP contribution in [0.1, 0.15) is 57.8 Å². The van der Waals surface area contributed by atoms with Gasteiger partial charge in [0.15, 0.2) is 0 Å². The molecule has 3 aliphatic rings. The summed E-state index contributed by atoms with van der Waals surface area (Å²) in [5.41, 5.74) is -0.823. The Balaban J connectivity index is 1.62. The zero-order valence-electron chi connectivity index (χ0n) is 13.1. The zero-order chi connectivity index (χ0) is 15.4. The number of rotatable bonds is 4. The molecule has 3 rings (SSSR count). The Hall–Kier alpha value is -1.58. The molecule has 1 saturated carbocycles. The first-order chi connectivity index (χ1) is 10.7. The molecule has 0 radical (unpaired) electrons. The van der Waals surface area contributed by atoms with E-state index in [0.29, 0.717) is 12.8 Å². The van der Waals surface area contributed by atoms with Crippen LogP contribution in [0.4, 0.5) is 0 Å². The van der Waals surface area contributed by atoms with Crippen molar-refractivity contribution in [1.29, 1.82) is 0 Å². The van der Waals surface area contributed by atoms with Gasteiger partial charge < -0.3 is 10.6 Å². The minimum atomic E-state index is -0.823. The SMILES string of the molecule is O=C(NC1C=CCCC1)C1(C(=O)NC2C=CCCC2)CCC1. The van der Waals surface area contributed by atoms with Gasteiger partial charge in [-0.05, 0) is 51.4 Å². The highest BCUT2D eigenvalue weighted by atomic mass is 16.2. The van der Waals surface area contributed by atoms with Crippen molar-refractivity contribution in [2.75, 3.05) is 0 Å². The Bertz CT molecular complexity index is 451. The number of hydrogen-bond donors (Lipinski definition) is 2. The van der Waals surface area contributed by atoms with E-state index < -0.39 is 5.41 Å². The molecule has 120 valence electrons. The molecule has 0 aromatic carbocycles. The fraction of sp³-hybridized carbons (Fsp3) is 0.667. The van der Waals surface area contributed by atoms with Crippen LogP contribution >= 0.6 is 0 Å². The molecule has 0 aromatic rings. The Morgan fingerprint density at radius 1 is 0.818 bits per heavy atom. The summed E-state index contributed by atoms with van der Waals surface area (Å²) in [6.07, 6.45) is 17.0. The quantitative estimate of drug-likeness (QED) is 0.619. The van der Waals surface area contributed by atoms with Crippen LogP contribution in [0.3, 0.4) is 0 Å². The maximum absolute atomic E-state index is 12.7. The van der Waals surface area contributed by atoms with Crippen LogP contribution in [0.25, 0.3) is 0 Å². The third-order valence-electron chi connectivity index (χ3n) is 5.22. The summed E-state index contributed by atoms with van der Waals surface area (Å²) in [6, 6.07) is 0.196. The van der Waals surface area contributed by atoms with Gasteiger partial charge in [-0.25, -0.2) is 0 Å². The lowest BCUT2D eigenvalue weighted by Crippen LogP contribution is -2.58. The minimum Gasteiger partial charge on any atom is -0.349 e. The predicted octanol–water partition coefficient (Wildman–Crippen LogP) is 2.61. The molecular weight excluding hydrogens is 276 g/mol. The van der Waals surface area contributed by atoms with Crippen LogP contribution in [0.5, 0.6) is 0 Å². The van der Waals surface area contributed by atoms with E-state index >= 15 is 0 Å². The van der Waals surface area contributed by atoms with Crippen LogP contribution in [0.15, 0.2) is 24.3 Å². The van der Waals surface area contributed by atoms with Gasteiger partial charge >= 0.3 is 0 Å². The molecule has 2 amide bonds. The van der Waals surface area contributed by atoms with Crippen molar-refractivity contribution >= 4 is 11.8 Å². The van der Waals surface area contributed by atoms with E-state index in [9.17, 15) is 9.59 Å². The van der Waals surface area contributed by atoms with Gasteiger partial charge in [-0.15, -0.1) is 0 Å². The van der Waals surface area contributed by atoms with Gasteiger partial charge in [0.25, 0.3) is 0 Å².